The van der Waals surface area contributed by atoms with Crippen LogP contribution in [0.15, 0.2) is 87.8 Å². The van der Waals surface area contributed by atoms with Crippen LogP contribution in [0, 0.1) is 17.0 Å². The molecule has 0 saturated heterocycles. The molecular formula is C36H34N4O7S. The minimum Gasteiger partial charge on any atom is -0.493 e. The Morgan fingerprint density at radius 2 is 1.79 bits per heavy atom. The fraction of sp³-hybridized carbons (Fsp3) is 0.250. The first-order valence-corrected chi connectivity index (χ1v) is 16.3. The van der Waals surface area contributed by atoms with Gasteiger partial charge in [-0.2, -0.15) is 0 Å². The van der Waals surface area contributed by atoms with Crippen molar-refractivity contribution >= 4 is 40.0 Å². The Balaban J connectivity index is 1.52. The highest BCUT2D eigenvalue weighted by Gasteiger charge is 2.34. The van der Waals surface area contributed by atoms with Crippen molar-refractivity contribution in [3.8, 4) is 11.5 Å². The SMILES string of the molecule is CCOC(=O)C1=C(C)N=c2s/c(=C\c3c(C)n(Cc4ccc([N+](=O)[O-])cc4)c4ccccc34)c(=O)n2[C@H]1c1ccc(OC)c(OCC)c1. The largest absolute Gasteiger partial charge is 0.493 e. The number of nitro benzene ring substituents is 1. The first-order valence-electron chi connectivity index (χ1n) is 15.5. The van der Waals surface area contributed by atoms with E-state index >= 15 is 0 Å². The summed E-state index contributed by atoms with van der Waals surface area (Å²) < 4.78 is 20.9. The Kier molecular flexibility index (Phi) is 9.01. The van der Waals surface area contributed by atoms with Crippen molar-refractivity contribution in [2.24, 2.45) is 4.99 Å². The quantitative estimate of drug-likeness (QED) is 0.111. The molecule has 12 heteroatoms. The van der Waals surface area contributed by atoms with Crippen molar-refractivity contribution in [2.75, 3.05) is 20.3 Å². The number of esters is 1. The monoisotopic (exact) mass is 666 g/mol. The Morgan fingerprint density at radius 3 is 2.48 bits per heavy atom. The van der Waals surface area contributed by atoms with Crippen LogP contribution in [-0.2, 0) is 16.1 Å². The molecule has 2 aromatic heterocycles. The Labute approximate surface area is 279 Å². The zero-order valence-corrected chi connectivity index (χ0v) is 28.0. The van der Waals surface area contributed by atoms with Gasteiger partial charge in [0.25, 0.3) is 11.2 Å². The lowest BCUT2D eigenvalue weighted by Gasteiger charge is -2.25. The van der Waals surface area contributed by atoms with Crippen molar-refractivity contribution in [3.05, 3.63) is 130 Å². The van der Waals surface area contributed by atoms with E-state index in [1.165, 1.54) is 23.5 Å². The fourth-order valence-electron chi connectivity index (χ4n) is 6.12. The maximum absolute atomic E-state index is 14.4. The summed E-state index contributed by atoms with van der Waals surface area (Å²) in [7, 11) is 1.56. The molecule has 1 aliphatic heterocycles. The first-order chi connectivity index (χ1) is 23.2. The Morgan fingerprint density at radius 1 is 1.04 bits per heavy atom. The predicted molar refractivity (Wildman–Crippen MR) is 183 cm³/mol. The van der Waals surface area contributed by atoms with Crippen molar-refractivity contribution in [2.45, 2.75) is 40.3 Å². The number of non-ortho nitro benzene ring substituents is 1. The molecule has 11 nitrogen and oxygen atoms in total. The molecule has 5 aromatic rings. The van der Waals surface area contributed by atoms with E-state index in [1.807, 2.05) is 50.3 Å². The zero-order valence-electron chi connectivity index (χ0n) is 27.2. The van der Waals surface area contributed by atoms with Crippen LogP contribution in [0.5, 0.6) is 11.5 Å². The lowest BCUT2D eigenvalue weighted by atomic mass is 9.95. The fourth-order valence-corrected chi connectivity index (χ4v) is 7.15. The van der Waals surface area contributed by atoms with Gasteiger partial charge in [-0.05, 0) is 63.1 Å². The molecule has 0 saturated carbocycles. The molecule has 1 aliphatic rings. The molecule has 0 fully saturated rings. The topological polar surface area (TPSA) is 127 Å². The van der Waals surface area contributed by atoms with Crippen LogP contribution >= 0.6 is 11.3 Å². The summed E-state index contributed by atoms with van der Waals surface area (Å²) in [6, 6.07) is 19.0. The predicted octanol–water partition coefficient (Wildman–Crippen LogP) is 5.43. The summed E-state index contributed by atoms with van der Waals surface area (Å²) in [5.74, 6) is 0.484. The van der Waals surface area contributed by atoms with Gasteiger partial charge < -0.3 is 18.8 Å². The lowest BCUT2D eigenvalue weighted by molar-refractivity contribution is -0.384. The van der Waals surface area contributed by atoms with Gasteiger partial charge in [0.2, 0.25) is 0 Å². The molecule has 0 unspecified atom stereocenters. The molecular weight excluding hydrogens is 632 g/mol. The van der Waals surface area contributed by atoms with Gasteiger partial charge >= 0.3 is 5.97 Å². The molecule has 6 rings (SSSR count). The highest BCUT2D eigenvalue weighted by molar-refractivity contribution is 7.07. The second kappa shape index (κ2) is 13.3. The first kappa shape index (κ1) is 32.5. The van der Waals surface area contributed by atoms with E-state index in [9.17, 15) is 19.7 Å². The number of thiazole rings is 1. The summed E-state index contributed by atoms with van der Waals surface area (Å²) in [4.78, 5) is 43.7. The lowest BCUT2D eigenvalue weighted by Crippen LogP contribution is -2.40. The summed E-state index contributed by atoms with van der Waals surface area (Å²) >= 11 is 1.26. The highest BCUT2D eigenvalue weighted by Crippen LogP contribution is 2.36. The van der Waals surface area contributed by atoms with E-state index in [1.54, 1.807) is 49.8 Å². The van der Waals surface area contributed by atoms with Gasteiger partial charge in [0.15, 0.2) is 16.3 Å². The minimum atomic E-state index is -0.808. The van der Waals surface area contributed by atoms with Crippen LogP contribution in [0.4, 0.5) is 5.69 Å². The number of para-hydroxylation sites is 1. The Hall–Kier alpha value is -5.49. The molecule has 48 heavy (non-hydrogen) atoms. The number of carbonyl (C=O) groups is 1. The van der Waals surface area contributed by atoms with E-state index in [0.717, 1.165) is 27.7 Å². The van der Waals surface area contributed by atoms with Gasteiger partial charge in [-0.25, -0.2) is 9.79 Å². The maximum atomic E-state index is 14.4. The Bertz CT molecular complexity index is 2280. The smallest absolute Gasteiger partial charge is 0.338 e. The molecule has 0 N–H and O–H groups in total. The van der Waals surface area contributed by atoms with Gasteiger partial charge in [0.1, 0.15) is 0 Å². The third-order valence-corrected chi connectivity index (χ3v) is 9.35. The number of carbonyl (C=O) groups excluding carboxylic acids is 1. The molecule has 0 bridgehead atoms. The number of aromatic nitrogens is 2. The summed E-state index contributed by atoms with van der Waals surface area (Å²) in [5.41, 5.74) is 4.81. The van der Waals surface area contributed by atoms with Crippen LogP contribution in [0.1, 0.15) is 49.2 Å². The molecule has 1 atom stereocenters. The number of allylic oxidation sites excluding steroid dienone is 1. The number of ether oxygens (including phenoxy) is 3. The third kappa shape index (κ3) is 5.79. The number of nitro groups is 1. The number of fused-ring (bicyclic) bond motifs is 2. The average Bonchev–Trinajstić information content (AvgIpc) is 3.52. The van der Waals surface area contributed by atoms with Crippen LogP contribution < -0.4 is 24.4 Å². The molecule has 0 radical (unpaired) electrons. The van der Waals surface area contributed by atoms with Crippen LogP contribution in [0.3, 0.4) is 0 Å². The molecule has 0 spiro atoms. The van der Waals surface area contributed by atoms with E-state index in [4.69, 9.17) is 19.2 Å². The van der Waals surface area contributed by atoms with Gasteiger partial charge in [-0.15, -0.1) is 0 Å². The van der Waals surface area contributed by atoms with Gasteiger partial charge in [0.05, 0.1) is 47.1 Å². The third-order valence-electron chi connectivity index (χ3n) is 8.36. The normalized spacial score (nSPS) is 14.5. The highest BCUT2D eigenvalue weighted by atomic mass is 32.1. The number of benzene rings is 3. The molecule has 3 heterocycles. The zero-order chi connectivity index (χ0) is 34.1. The van der Waals surface area contributed by atoms with E-state index < -0.39 is 16.9 Å². The molecule has 246 valence electrons. The van der Waals surface area contributed by atoms with Crippen molar-refractivity contribution in [1.29, 1.82) is 0 Å². The van der Waals surface area contributed by atoms with Crippen LogP contribution in [-0.4, -0.2) is 40.4 Å². The van der Waals surface area contributed by atoms with Crippen molar-refractivity contribution in [3.63, 3.8) is 0 Å². The van der Waals surface area contributed by atoms with E-state index in [2.05, 4.69) is 4.57 Å². The molecule has 0 aliphatic carbocycles. The van der Waals surface area contributed by atoms with Crippen molar-refractivity contribution in [1.82, 2.24) is 9.13 Å². The molecule has 0 amide bonds. The van der Waals surface area contributed by atoms with Gasteiger partial charge in [0, 0.05) is 40.8 Å². The number of nitrogens with zero attached hydrogens (tertiary/aromatic N) is 4. The van der Waals surface area contributed by atoms with Crippen LogP contribution in [0.25, 0.3) is 17.0 Å². The van der Waals surface area contributed by atoms with Crippen molar-refractivity contribution < 1.29 is 23.9 Å². The summed E-state index contributed by atoms with van der Waals surface area (Å²) in [5, 5.41) is 12.1. The van der Waals surface area contributed by atoms with E-state index in [-0.39, 0.29) is 23.4 Å². The van der Waals surface area contributed by atoms with Gasteiger partial charge in [-0.3, -0.25) is 19.5 Å². The minimum absolute atomic E-state index is 0.0345. The number of rotatable bonds is 10. The number of hydrogen-bond donors (Lipinski definition) is 0. The summed E-state index contributed by atoms with van der Waals surface area (Å²) in [6.45, 7) is 8.41. The second-order valence-electron chi connectivity index (χ2n) is 11.2. The average molecular weight is 667 g/mol. The second-order valence-corrected chi connectivity index (χ2v) is 12.2. The van der Waals surface area contributed by atoms with E-state index in [0.29, 0.717) is 45.2 Å². The summed E-state index contributed by atoms with van der Waals surface area (Å²) in [6.07, 6.45) is 1.88. The number of methoxy groups -OCH3 is 1. The van der Waals surface area contributed by atoms with Crippen LogP contribution in [0.2, 0.25) is 0 Å². The number of hydrogen-bond acceptors (Lipinski definition) is 9. The standard InChI is InChI=1S/C36H34N4O7S/c1-6-46-30-18-24(14-17-29(30)45-5)33-32(35(42)47-7-2)21(3)37-36-39(33)34(41)31(48-36)19-27-22(4)38(28-11-9-8-10-26(27)28)20-23-12-15-25(16-13-23)40(43)44/h8-19,33H,6-7,20H2,1-5H3/b31-19-/t33-/m0/s1. The van der Waals surface area contributed by atoms with Gasteiger partial charge in [-0.1, -0.05) is 47.7 Å². The molecule has 3 aromatic carbocycles. The maximum Gasteiger partial charge on any atom is 0.338 e.